The van der Waals surface area contributed by atoms with Crippen LogP contribution in [0.4, 0.5) is 0 Å². The molecule has 10 unspecified atom stereocenters. The molecule has 2 heterocycles. The van der Waals surface area contributed by atoms with E-state index in [2.05, 4.69) is 10.0 Å². The summed E-state index contributed by atoms with van der Waals surface area (Å²) in [7, 11) is 0. The number of rotatable bonds is 26. The summed E-state index contributed by atoms with van der Waals surface area (Å²) in [6.45, 7) is 3.61. The lowest BCUT2D eigenvalue weighted by atomic mass is 9.91. The molecule has 2 fully saturated rings. The zero-order valence-electron chi connectivity index (χ0n) is 42.2. The highest BCUT2D eigenvalue weighted by Crippen LogP contribution is 2.41. The normalized spacial score (nSPS) is 24.5. The van der Waals surface area contributed by atoms with Crippen molar-refractivity contribution in [2.75, 3.05) is 13.2 Å². The minimum atomic E-state index is -1.70. The zero-order chi connectivity index (χ0) is 51.3. The quantitative estimate of drug-likeness (QED) is 0.0292. The molecule has 13 nitrogen and oxygen atoms in total. The van der Waals surface area contributed by atoms with Gasteiger partial charge < -0.3 is 47.4 Å². The number of ether oxygens (including phenoxy) is 10. The van der Waals surface area contributed by atoms with Gasteiger partial charge in [-0.3, -0.25) is 0 Å². The van der Waals surface area contributed by atoms with Crippen LogP contribution in [0.25, 0.3) is 10.4 Å². The highest BCUT2D eigenvalue weighted by molar-refractivity contribution is 5.19. The van der Waals surface area contributed by atoms with Gasteiger partial charge in [0, 0.05) is 4.91 Å². The van der Waals surface area contributed by atoms with Crippen LogP contribution in [0.3, 0.4) is 0 Å². The summed E-state index contributed by atoms with van der Waals surface area (Å²) in [5.41, 5.74) is 17.1. The second-order valence-corrected chi connectivity index (χ2v) is 18.8. The molecule has 9 rings (SSSR count). The van der Waals surface area contributed by atoms with Crippen LogP contribution in [0.15, 0.2) is 217 Å². The molecule has 2 aliphatic heterocycles. The third-order valence-corrected chi connectivity index (χ3v) is 13.2. The Labute approximate surface area is 439 Å². The first-order valence-electron chi connectivity index (χ1n) is 25.6. The Bertz CT molecular complexity index is 2750. The van der Waals surface area contributed by atoms with Gasteiger partial charge in [-0.15, -0.1) is 0 Å². The number of nitrogens with zero attached hydrogens (tertiary/aromatic N) is 3. The van der Waals surface area contributed by atoms with Gasteiger partial charge in [0.1, 0.15) is 48.8 Å². The Morgan fingerprint density at radius 2 is 0.733 bits per heavy atom. The van der Waals surface area contributed by atoms with Crippen LogP contribution >= 0.6 is 0 Å². The molecule has 13 heteroatoms. The van der Waals surface area contributed by atoms with E-state index in [9.17, 15) is 5.53 Å². The second kappa shape index (κ2) is 27.8. The van der Waals surface area contributed by atoms with Crippen LogP contribution in [0.2, 0.25) is 0 Å². The SMILES string of the molecule is CC1(OC2OC(COCc3ccccc3)C(OCc3ccccc3)C(OCc3ccccc3)C2N=[N+]=[N-])OC(COCc2ccccc2)C(OCc2ccccc2)C(OCc2ccccc2)C1OCc1ccccc1. The molecule has 0 N–H and O–H groups in total. The Balaban J connectivity index is 1.11. The highest BCUT2D eigenvalue weighted by atomic mass is 16.8. The lowest BCUT2D eigenvalue weighted by Crippen LogP contribution is -2.69. The maximum absolute atomic E-state index is 10.5. The average molecular weight is 1010 g/mol. The van der Waals surface area contributed by atoms with E-state index in [4.69, 9.17) is 47.4 Å². The van der Waals surface area contributed by atoms with Crippen molar-refractivity contribution in [2.24, 2.45) is 5.11 Å². The van der Waals surface area contributed by atoms with Gasteiger partial charge in [0.2, 0.25) is 0 Å². The molecular formula is C62H65N3O10. The van der Waals surface area contributed by atoms with Crippen molar-refractivity contribution in [1.29, 1.82) is 0 Å². The zero-order valence-corrected chi connectivity index (χ0v) is 42.2. The van der Waals surface area contributed by atoms with Crippen molar-refractivity contribution in [3.05, 3.63) is 262 Å². The summed E-state index contributed by atoms with van der Waals surface area (Å²) < 4.78 is 69.5. The molecule has 2 saturated heterocycles. The average Bonchev–Trinajstić information content (AvgIpc) is 3.46. The van der Waals surface area contributed by atoms with Crippen LogP contribution in [-0.4, -0.2) is 74.1 Å². The number of hydrogen-bond donors (Lipinski definition) is 0. The van der Waals surface area contributed by atoms with Gasteiger partial charge in [-0.25, -0.2) is 0 Å². The lowest BCUT2D eigenvalue weighted by molar-refractivity contribution is -0.419. The Morgan fingerprint density at radius 1 is 0.413 bits per heavy atom. The third-order valence-electron chi connectivity index (χ3n) is 13.2. The number of benzene rings is 7. The first-order chi connectivity index (χ1) is 37.0. The van der Waals surface area contributed by atoms with Crippen LogP contribution in [0, 0.1) is 0 Å². The molecule has 10 atom stereocenters. The summed E-state index contributed by atoms with van der Waals surface area (Å²) in [6.07, 6.45) is -7.20. The van der Waals surface area contributed by atoms with Crippen LogP contribution in [0.1, 0.15) is 45.9 Å². The van der Waals surface area contributed by atoms with E-state index in [0.717, 1.165) is 38.9 Å². The van der Waals surface area contributed by atoms with Crippen LogP contribution < -0.4 is 0 Å². The molecule has 7 aromatic rings. The Morgan fingerprint density at radius 3 is 1.12 bits per heavy atom. The molecular weight excluding hydrogens is 947 g/mol. The molecule has 0 bridgehead atoms. The van der Waals surface area contributed by atoms with E-state index >= 15 is 0 Å². The predicted molar refractivity (Wildman–Crippen MR) is 283 cm³/mol. The predicted octanol–water partition coefficient (Wildman–Crippen LogP) is 11.9. The summed E-state index contributed by atoms with van der Waals surface area (Å²) >= 11 is 0. The van der Waals surface area contributed by atoms with Crippen molar-refractivity contribution in [3.8, 4) is 0 Å². The molecule has 0 spiro atoms. The monoisotopic (exact) mass is 1010 g/mol. The fraction of sp³-hybridized carbons (Fsp3) is 0.323. The van der Waals surface area contributed by atoms with E-state index < -0.39 is 60.8 Å². The smallest absolute Gasteiger partial charge is 0.197 e. The Hall–Kier alpha value is -6.55. The van der Waals surface area contributed by atoms with E-state index in [1.807, 2.05) is 219 Å². The van der Waals surface area contributed by atoms with Crippen LogP contribution in [-0.2, 0) is 93.6 Å². The summed E-state index contributed by atoms with van der Waals surface area (Å²) in [5, 5.41) is 4.42. The van der Waals surface area contributed by atoms with E-state index in [1.165, 1.54) is 0 Å². The molecule has 0 aromatic heterocycles. The Kier molecular flexibility index (Phi) is 19.8. The number of azide groups is 1. The van der Waals surface area contributed by atoms with Crippen molar-refractivity contribution in [2.45, 2.75) is 114 Å². The lowest BCUT2D eigenvalue weighted by Gasteiger charge is -2.53. The molecule has 7 aromatic carbocycles. The van der Waals surface area contributed by atoms with E-state index in [1.54, 1.807) is 0 Å². The van der Waals surface area contributed by atoms with Gasteiger partial charge in [0.15, 0.2) is 12.1 Å². The molecule has 75 heavy (non-hydrogen) atoms. The second-order valence-electron chi connectivity index (χ2n) is 18.8. The van der Waals surface area contributed by atoms with Gasteiger partial charge in [0.25, 0.3) is 0 Å². The standard InChI is InChI=1S/C62H65N3O10/c1-62(75-61-55(64-65-63)58(70-41-50-31-17-6-18-32-50)56(68-39-48-27-13-4-14-28-48)53(73-61)44-66-37-46-23-9-2-10-24-46)60(72-43-52-35-21-8-22-36-52)59(71-42-51-33-19-7-20-34-51)57(69-40-49-29-15-5-16-30-49)54(74-62)45-67-38-47-25-11-3-12-26-47/h2-36,53-61H,37-45H2,1H3. The summed E-state index contributed by atoms with van der Waals surface area (Å²) in [6, 6.07) is 68.2. The maximum Gasteiger partial charge on any atom is 0.197 e. The van der Waals surface area contributed by atoms with Gasteiger partial charge >= 0.3 is 0 Å². The van der Waals surface area contributed by atoms with E-state index in [-0.39, 0.29) is 46.2 Å². The van der Waals surface area contributed by atoms with Gasteiger partial charge in [0.05, 0.1) is 59.5 Å². The molecule has 388 valence electrons. The molecule has 0 aliphatic carbocycles. The molecule has 0 saturated carbocycles. The third kappa shape index (κ3) is 15.3. The molecule has 2 aliphatic rings. The van der Waals surface area contributed by atoms with Gasteiger partial charge in [-0.05, 0) is 51.4 Å². The highest BCUT2D eigenvalue weighted by Gasteiger charge is 2.59. The van der Waals surface area contributed by atoms with Gasteiger partial charge in [-0.1, -0.05) is 217 Å². The largest absolute Gasteiger partial charge is 0.374 e. The fourth-order valence-corrected chi connectivity index (χ4v) is 9.46. The van der Waals surface area contributed by atoms with Crippen molar-refractivity contribution in [1.82, 2.24) is 0 Å². The van der Waals surface area contributed by atoms with Crippen LogP contribution in [0.5, 0.6) is 0 Å². The topological polar surface area (TPSA) is 141 Å². The first-order valence-corrected chi connectivity index (χ1v) is 25.6. The summed E-state index contributed by atoms with van der Waals surface area (Å²) in [4.78, 5) is 3.39. The first kappa shape index (κ1) is 53.3. The van der Waals surface area contributed by atoms with Crippen molar-refractivity contribution >= 4 is 0 Å². The minimum absolute atomic E-state index is 0.0715. The van der Waals surface area contributed by atoms with Crippen molar-refractivity contribution in [3.63, 3.8) is 0 Å². The minimum Gasteiger partial charge on any atom is -0.374 e. The molecule has 0 radical (unpaired) electrons. The number of hydrogen-bond acceptors (Lipinski definition) is 11. The van der Waals surface area contributed by atoms with Gasteiger partial charge in [-0.2, -0.15) is 0 Å². The fourth-order valence-electron chi connectivity index (χ4n) is 9.46. The summed E-state index contributed by atoms with van der Waals surface area (Å²) in [5.74, 6) is -1.70. The van der Waals surface area contributed by atoms with Crippen molar-refractivity contribution < 1.29 is 47.4 Å². The van der Waals surface area contributed by atoms with E-state index in [0.29, 0.717) is 13.2 Å². The maximum atomic E-state index is 10.5. The molecule has 0 amide bonds.